The Bertz CT molecular complexity index is 393. The Kier molecular flexibility index (Phi) is 3.92. The second-order valence-electron chi connectivity index (χ2n) is 5.41. The molecule has 2 rings (SSSR count). The third-order valence-electron chi connectivity index (χ3n) is 2.51. The van der Waals surface area contributed by atoms with E-state index >= 15 is 0 Å². The molecular weight excluding hydrogens is 250 g/mol. The van der Waals surface area contributed by atoms with Gasteiger partial charge in [-0.15, -0.1) is 11.3 Å². The van der Waals surface area contributed by atoms with Gasteiger partial charge in [0.2, 0.25) is 0 Å². The van der Waals surface area contributed by atoms with E-state index in [0.29, 0.717) is 6.61 Å². The summed E-state index contributed by atoms with van der Waals surface area (Å²) in [5.41, 5.74) is -0.470. The first-order valence-electron chi connectivity index (χ1n) is 6.07. The van der Waals surface area contributed by atoms with Crippen LogP contribution in [0.4, 0.5) is 4.79 Å². The first-order chi connectivity index (χ1) is 8.44. The van der Waals surface area contributed by atoms with Crippen LogP contribution in [0, 0.1) is 0 Å². The number of nitrogens with one attached hydrogen (secondary N) is 1. The van der Waals surface area contributed by atoms with E-state index in [0.717, 1.165) is 6.42 Å². The van der Waals surface area contributed by atoms with E-state index in [2.05, 4.69) is 11.4 Å². The van der Waals surface area contributed by atoms with Crippen molar-refractivity contribution in [3.63, 3.8) is 0 Å². The lowest BCUT2D eigenvalue weighted by Gasteiger charge is -2.22. The third kappa shape index (κ3) is 4.31. The summed E-state index contributed by atoms with van der Waals surface area (Å²) < 4.78 is 10.5. The molecule has 0 bridgehead atoms. The third-order valence-corrected chi connectivity index (χ3v) is 3.41. The quantitative estimate of drug-likeness (QED) is 0.855. The topological polar surface area (TPSA) is 50.9 Å². The minimum atomic E-state index is -0.470. The summed E-state index contributed by atoms with van der Waals surface area (Å²) in [5.74, 6) is 0. The monoisotopic (exact) mass is 269 g/mol. The Morgan fingerprint density at radius 2 is 2.39 bits per heavy atom. The standard InChI is InChI=1S/C13H19NO3S/c1-13(2,3)17-12(15)14-10(11-8-16-11)7-9-5-4-6-18-9/h4-6,10-11H,7-8H2,1-3H3,(H,14,15)/t10-,11+/m0/s1. The van der Waals surface area contributed by atoms with E-state index in [-0.39, 0.29) is 18.2 Å². The second kappa shape index (κ2) is 5.28. The summed E-state index contributed by atoms with van der Waals surface area (Å²) in [4.78, 5) is 13.0. The van der Waals surface area contributed by atoms with Gasteiger partial charge in [0.25, 0.3) is 0 Å². The average molecular weight is 269 g/mol. The van der Waals surface area contributed by atoms with Crippen LogP contribution in [0.3, 0.4) is 0 Å². The molecule has 0 radical (unpaired) electrons. The number of hydrogen-bond acceptors (Lipinski definition) is 4. The zero-order chi connectivity index (χ0) is 13.2. The summed E-state index contributed by atoms with van der Waals surface area (Å²) in [6.07, 6.45) is 0.542. The minimum absolute atomic E-state index is 0.00139. The van der Waals surface area contributed by atoms with Gasteiger partial charge in [0.15, 0.2) is 0 Å². The summed E-state index contributed by atoms with van der Waals surface area (Å²) in [7, 11) is 0. The lowest BCUT2D eigenvalue weighted by Crippen LogP contribution is -2.43. The van der Waals surface area contributed by atoms with Crippen molar-refractivity contribution in [2.75, 3.05) is 6.61 Å². The van der Waals surface area contributed by atoms with E-state index in [9.17, 15) is 4.79 Å². The van der Waals surface area contributed by atoms with E-state index in [1.807, 2.05) is 32.2 Å². The van der Waals surface area contributed by atoms with E-state index in [4.69, 9.17) is 9.47 Å². The number of ether oxygens (including phenoxy) is 2. The molecule has 0 aromatic carbocycles. The van der Waals surface area contributed by atoms with E-state index < -0.39 is 5.60 Å². The lowest BCUT2D eigenvalue weighted by molar-refractivity contribution is 0.0495. The van der Waals surface area contributed by atoms with Crippen molar-refractivity contribution in [2.45, 2.75) is 44.9 Å². The van der Waals surface area contributed by atoms with Crippen LogP contribution >= 0.6 is 11.3 Å². The molecular formula is C13H19NO3S. The van der Waals surface area contributed by atoms with Crippen molar-refractivity contribution in [2.24, 2.45) is 0 Å². The minimum Gasteiger partial charge on any atom is -0.444 e. The first-order valence-corrected chi connectivity index (χ1v) is 6.95. The van der Waals surface area contributed by atoms with Crippen molar-refractivity contribution < 1.29 is 14.3 Å². The van der Waals surface area contributed by atoms with Gasteiger partial charge in [-0.3, -0.25) is 0 Å². The van der Waals surface area contributed by atoms with E-state index in [1.54, 1.807) is 11.3 Å². The number of rotatable bonds is 4. The highest BCUT2D eigenvalue weighted by Gasteiger charge is 2.35. The van der Waals surface area contributed by atoms with Gasteiger partial charge in [0.05, 0.1) is 12.6 Å². The van der Waals surface area contributed by atoms with Crippen molar-refractivity contribution in [3.05, 3.63) is 22.4 Å². The molecule has 1 aromatic heterocycles. The molecule has 1 amide bonds. The molecule has 0 aliphatic carbocycles. The Morgan fingerprint density at radius 3 is 2.89 bits per heavy atom. The van der Waals surface area contributed by atoms with Crippen LogP contribution in [0.1, 0.15) is 25.6 Å². The SMILES string of the molecule is CC(C)(C)OC(=O)N[C@@H](Cc1cccs1)[C@H]1CO1. The van der Waals surface area contributed by atoms with Crippen LogP contribution in [-0.4, -0.2) is 30.4 Å². The number of carbonyl (C=O) groups is 1. The molecule has 1 N–H and O–H groups in total. The fourth-order valence-electron chi connectivity index (χ4n) is 1.67. The maximum Gasteiger partial charge on any atom is 0.407 e. The molecule has 2 heterocycles. The van der Waals surface area contributed by atoms with Gasteiger partial charge < -0.3 is 14.8 Å². The molecule has 0 spiro atoms. The molecule has 0 unspecified atom stereocenters. The molecule has 1 aromatic rings. The van der Waals surface area contributed by atoms with E-state index in [1.165, 1.54) is 4.88 Å². The van der Waals surface area contributed by atoms with Crippen molar-refractivity contribution in [1.82, 2.24) is 5.32 Å². The molecule has 1 aliphatic heterocycles. The first kappa shape index (κ1) is 13.4. The molecule has 4 nitrogen and oxygen atoms in total. The van der Waals surface area contributed by atoms with Gasteiger partial charge in [-0.1, -0.05) is 6.07 Å². The zero-order valence-electron chi connectivity index (χ0n) is 10.9. The van der Waals surface area contributed by atoms with Crippen LogP contribution in [0.5, 0.6) is 0 Å². The smallest absolute Gasteiger partial charge is 0.407 e. The van der Waals surface area contributed by atoms with Crippen LogP contribution < -0.4 is 5.32 Å². The number of alkyl carbamates (subject to hydrolysis) is 1. The lowest BCUT2D eigenvalue weighted by atomic mass is 10.1. The predicted octanol–water partition coefficient (Wildman–Crippen LogP) is 2.58. The van der Waals surface area contributed by atoms with Crippen molar-refractivity contribution in [1.29, 1.82) is 0 Å². The maximum absolute atomic E-state index is 11.7. The van der Waals surface area contributed by atoms with Gasteiger partial charge in [0.1, 0.15) is 11.7 Å². The number of epoxide rings is 1. The maximum atomic E-state index is 11.7. The largest absolute Gasteiger partial charge is 0.444 e. The highest BCUT2D eigenvalue weighted by Crippen LogP contribution is 2.21. The van der Waals surface area contributed by atoms with Crippen LogP contribution in [-0.2, 0) is 15.9 Å². The molecule has 1 aliphatic rings. The summed E-state index contributed by atoms with van der Waals surface area (Å²) in [5, 5.41) is 4.93. The summed E-state index contributed by atoms with van der Waals surface area (Å²) >= 11 is 1.69. The Labute approximate surface area is 111 Å². The highest BCUT2D eigenvalue weighted by atomic mass is 32.1. The zero-order valence-corrected chi connectivity index (χ0v) is 11.8. The Balaban J connectivity index is 1.88. The highest BCUT2D eigenvalue weighted by molar-refractivity contribution is 7.09. The van der Waals surface area contributed by atoms with Crippen molar-refractivity contribution >= 4 is 17.4 Å². The molecule has 5 heteroatoms. The predicted molar refractivity (Wildman–Crippen MR) is 70.9 cm³/mol. The molecule has 18 heavy (non-hydrogen) atoms. The van der Waals surface area contributed by atoms with Crippen LogP contribution in [0.25, 0.3) is 0 Å². The Morgan fingerprint density at radius 1 is 1.67 bits per heavy atom. The summed E-state index contributed by atoms with van der Waals surface area (Å²) in [6.45, 7) is 6.28. The summed E-state index contributed by atoms with van der Waals surface area (Å²) in [6, 6.07) is 4.08. The molecule has 1 fully saturated rings. The second-order valence-corrected chi connectivity index (χ2v) is 6.44. The van der Waals surface area contributed by atoms with Gasteiger partial charge in [-0.05, 0) is 32.2 Å². The molecule has 1 saturated heterocycles. The Hall–Kier alpha value is -1.07. The fraction of sp³-hybridized carbons (Fsp3) is 0.615. The number of carbonyl (C=O) groups excluding carboxylic acids is 1. The van der Waals surface area contributed by atoms with Crippen LogP contribution in [0.2, 0.25) is 0 Å². The normalized spacial score (nSPS) is 20.3. The molecule has 100 valence electrons. The van der Waals surface area contributed by atoms with Gasteiger partial charge >= 0.3 is 6.09 Å². The van der Waals surface area contributed by atoms with Gasteiger partial charge in [-0.25, -0.2) is 4.79 Å². The van der Waals surface area contributed by atoms with Gasteiger partial charge in [0, 0.05) is 11.3 Å². The number of hydrogen-bond donors (Lipinski definition) is 1. The number of amides is 1. The fourth-order valence-corrected chi connectivity index (χ4v) is 2.43. The number of thiophene rings is 1. The average Bonchev–Trinajstić information content (AvgIpc) is 2.95. The molecule has 2 atom stereocenters. The molecule has 0 saturated carbocycles. The van der Waals surface area contributed by atoms with Crippen molar-refractivity contribution in [3.8, 4) is 0 Å². The van der Waals surface area contributed by atoms with Gasteiger partial charge in [-0.2, -0.15) is 0 Å². The van der Waals surface area contributed by atoms with Crippen LogP contribution in [0.15, 0.2) is 17.5 Å².